The first-order valence-electron chi connectivity index (χ1n) is 4.83. The summed E-state index contributed by atoms with van der Waals surface area (Å²) in [5, 5.41) is 2.69. The van der Waals surface area contributed by atoms with Crippen LogP contribution in [0.15, 0.2) is 0 Å². The molecular formula is C9H19N3O2. The molecule has 5 N–H and O–H groups in total. The maximum Gasteiger partial charge on any atom is 0.220 e. The highest BCUT2D eigenvalue weighted by molar-refractivity contribution is 5.76. The Balaban J connectivity index is 3.31. The average Bonchev–Trinajstić information content (AvgIpc) is 2.08. The van der Waals surface area contributed by atoms with Crippen LogP contribution in [0.5, 0.6) is 0 Å². The van der Waals surface area contributed by atoms with Crippen LogP contribution < -0.4 is 16.8 Å². The van der Waals surface area contributed by atoms with E-state index in [4.69, 9.17) is 11.5 Å². The predicted octanol–water partition coefficient (Wildman–Crippen LogP) is -0.504. The van der Waals surface area contributed by atoms with Gasteiger partial charge in [-0.1, -0.05) is 0 Å². The van der Waals surface area contributed by atoms with E-state index in [9.17, 15) is 9.59 Å². The second-order valence-electron chi connectivity index (χ2n) is 3.44. The Bertz CT molecular complexity index is 192. The quantitative estimate of drug-likeness (QED) is 0.484. The molecule has 14 heavy (non-hydrogen) atoms. The largest absolute Gasteiger partial charge is 0.370 e. The normalized spacial score (nSPS) is 12.1. The van der Waals surface area contributed by atoms with E-state index in [0.717, 1.165) is 0 Å². The Morgan fingerprint density at radius 3 is 2.50 bits per heavy atom. The molecule has 0 rings (SSSR count). The highest BCUT2D eigenvalue weighted by Crippen LogP contribution is 1.93. The van der Waals surface area contributed by atoms with Gasteiger partial charge in [0.2, 0.25) is 11.8 Å². The van der Waals surface area contributed by atoms with Crippen molar-refractivity contribution in [2.45, 2.75) is 38.6 Å². The summed E-state index contributed by atoms with van der Waals surface area (Å²) in [6, 6.07) is 0.0476. The van der Waals surface area contributed by atoms with Crippen molar-refractivity contribution in [3.05, 3.63) is 0 Å². The smallest absolute Gasteiger partial charge is 0.220 e. The van der Waals surface area contributed by atoms with E-state index in [0.29, 0.717) is 32.2 Å². The number of hydrogen-bond acceptors (Lipinski definition) is 3. The summed E-state index contributed by atoms with van der Waals surface area (Å²) < 4.78 is 0. The van der Waals surface area contributed by atoms with E-state index in [1.165, 1.54) is 0 Å². The molecule has 0 spiro atoms. The molecule has 0 aromatic carbocycles. The van der Waals surface area contributed by atoms with E-state index in [1.807, 2.05) is 6.92 Å². The minimum Gasteiger partial charge on any atom is -0.370 e. The number of hydrogen-bond donors (Lipinski definition) is 3. The monoisotopic (exact) mass is 201 g/mol. The second kappa shape index (κ2) is 7.32. The minimum atomic E-state index is -0.338. The molecule has 0 saturated carbocycles. The van der Waals surface area contributed by atoms with Gasteiger partial charge < -0.3 is 16.8 Å². The first kappa shape index (κ1) is 12.9. The van der Waals surface area contributed by atoms with Gasteiger partial charge in [-0.25, -0.2) is 0 Å². The zero-order chi connectivity index (χ0) is 11.0. The van der Waals surface area contributed by atoms with Crippen molar-refractivity contribution in [2.75, 3.05) is 6.54 Å². The average molecular weight is 201 g/mol. The number of amides is 2. The van der Waals surface area contributed by atoms with Gasteiger partial charge in [-0.15, -0.1) is 0 Å². The first-order chi connectivity index (χ1) is 6.52. The van der Waals surface area contributed by atoms with Crippen molar-refractivity contribution in [1.82, 2.24) is 5.32 Å². The molecule has 0 aromatic rings. The molecule has 1 unspecified atom stereocenters. The summed E-state index contributed by atoms with van der Waals surface area (Å²) in [5.41, 5.74) is 10.4. The van der Waals surface area contributed by atoms with Crippen molar-refractivity contribution >= 4 is 11.8 Å². The number of carbonyl (C=O) groups is 2. The molecule has 0 radical (unpaired) electrons. The van der Waals surface area contributed by atoms with E-state index in [2.05, 4.69) is 5.32 Å². The molecule has 0 aromatic heterocycles. The maximum atomic E-state index is 11.1. The molecule has 0 aliphatic rings. The first-order valence-corrected chi connectivity index (χ1v) is 4.83. The maximum absolute atomic E-state index is 11.1. The lowest BCUT2D eigenvalue weighted by Crippen LogP contribution is -2.27. The third-order valence-electron chi connectivity index (χ3n) is 1.75. The van der Waals surface area contributed by atoms with Crippen LogP contribution in [0, 0.1) is 0 Å². The summed E-state index contributed by atoms with van der Waals surface area (Å²) in [4.78, 5) is 21.5. The standard InChI is InChI=1S/C9H19N3O2/c1-7(10)4-5-9(14)12-6-2-3-8(11)13/h7H,2-6,10H2,1H3,(H2,11,13)(H,12,14). The molecule has 1 atom stereocenters. The molecule has 5 nitrogen and oxygen atoms in total. The highest BCUT2D eigenvalue weighted by Gasteiger charge is 2.02. The van der Waals surface area contributed by atoms with E-state index < -0.39 is 0 Å². The van der Waals surface area contributed by atoms with Gasteiger partial charge in [0.05, 0.1) is 0 Å². The van der Waals surface area contributed by atoms with Crippen LogP contribution in [0.2, 0.25) is 0 Å². The van der Waals surface area contributed by atoms with Crippen LogP contribution in [0.4, 0.5) is 0 Å². The SMILES string of the molecule is CC(N)CCC(=O)NCCCC(N)=O. The summed E-state index contributed by atoms with van der Waals surface area (Å²) >= 11 is 0. The zero-order valence-corrected chi connectivity index (χ0v) is 8.58. The van der Waals surface area contributed by atoms with Gasteiger partial charge in [0.25, 0.3) is 0 Å². The third-order valence-corrected chi connectivity index (χ3v) is 1.75. The molecular weight excluding hydrogens is 182 g/mol. The minimum absolute atomic E-state index is 0.0215. The Labute approximate surface area is 84.2 Å². The molecule has 82 valence electrons. The van der Waals surface area contributed by atoms with Crippen LogP contribution in [0.1, 0.15) is 32.6 Å². The van der Waals surface area contributed by atoms with Crippen molar-refractivity contribution in [2.24, 2.45) is 11.5 Å². The fourth-order valence-corrected chi connectivity index (χ4v) is 0.938. The summed E-state index contributed by atoms with van der Waals surface area (Å²) in [7, 11) is 0. The number of primary amides is 1. The Kier molecular flexibility index (Phi) is 6.74. The van der Waals surface area contributed by atoms with Gasteiger partial charge in [0, 0.05) is 25.4 Å². The molecule has 0 aliphatic heterocycles. The van der Waals surface area contributed by atoms with Crippen LogP contribution >= 0.6 is 0 Å². The van der Waals surface area contributed by atoms with Gasteiger partial charge in [-0.05, 0) is 19.8 Å². The number of carbonyl (C=O) groups excluding carboxylic acids is 2. The Morgan fingerprint density at radius 2 is 2.00 bits per heavy atom. The van der Waals surface area contributed by atoms with Crippen molar-refractivity contribution in [3.63, 3.8) is 0 Å². The molecule has 5 heteroatoms. The van der Waals surface area contributed by atoms with Gasteiger partial charge >= 0.3 is 0 Å². The molecule has 0 heterocycles. The fourth-order valence-electron chi connectivity index (χ4n) is 0.938. The summed E-state index contributed by atoms with van der Waals surface area (Å²) in [5.74, 6) is -0.360. The number of nitrogens with two attached hydrogens (primary N) is 2. The molecule has 0 saturated heterocycles. The molecule has 0 bridgehead atoms. The molecule has 2 amide bonds. The molecule has 0 aliphatic carbocycles. The van der Waals surface area contributed by atoms with Crippen LogP contribution in [-0.2, 0) is 9.59 Å². The lowest BCUT2D eigenvalue weighted by molar-refractivity contribution is -0.122. The van der Waals surface area contributed by atoms with Crippen molar-refractivity contribution in [3.8, 4) is 0 Å². The van der Waals surface area contributed by atoms with E-state index >= 15 is 0 Å². The molecule has 0 fully saturated rings. The van der Waals surface area contributed by atoms with Crippen molar-refractivity contribution < 1.29 is 9.59 Å². The van der Waals surface area contributed by atoms with E-state index in [1.54, 1.807) is 0 Å². The van der Waals surface area contributed by atoms with Gasteiger partial charge in [0.15, 0.2) is 0 Å². The van der Waals surface area contributed by atoms with Gasteiger partial charge in [-0.3, -0.25) is 9.59 Å². The lowest BCUT2D eigenvalue weighted by Gasteiger charge is -2.05. The topological polar surface area (TPSA) is 98.2 Å². The summed E-state index contributed by atoms with van der Waals surface area (Å²) in [6.45, 7) is 2.36. The number of nitrogens with one attached hydrogen (secondary N) is 1. The van der Waals surface area contributed by atoms with Crippen LogP contribution in [0.3, 0.4) is 0 Å². The highest BCUT2D eigenvalue weighted by atomic mass is 16.2. The number of rotatable bonds is 7. The van der Waals surface area contributed by atoms with Gasteiger partial charge in [0.1, 0.15) is 0 Å². The predicted molar refractivity (Wildman–Crippen MR) is 54.3 cm³/mol. The fraction of sp³-hybridized carbons (Fsp3) is 0.778. The van der Waals surface area contributed by atoms with Crippen LogP contribution in [0.25, 0.3) is 0 Å². The van der Waals surface area contributed by atoms with Crippen LogP contribution in [-0.4, -0.2) is 24.4 Å². The lowest BCUT2D eigenvalue weighted by atomic mass is 10.2. The van der Waals surface area contributed by atoms with Gasteiger partial charge in [-0.2, -0.15) is 0 Å². The Hall–Kier alpha value is -1.10. The van der Waals surface area contributed by atoms with E-state index in [-0.39, 0.29) is 17.9 Å². The Morgan fingerprint density at radius 1 is 1.36 bits per heavy atom. The zero-order valence-electron chi connectivity index (χ0n) is 8.58. The third kappa shape index (κ3) is 8.99. The van der Waals surface area contributed by atoms with Crippen molar-refractivity contribution in [1.29, 1.82) is 0 Å². The second-order valence-corrected chi connectivity index (χ2v) is 3.44. The summed E-state index contributed by atoms with van der Waals surface area (Å²) in [6.07, 6.45) is 2.03.